The molecular weight excluding hydrogens is 287 g/mol. The molecule has 0 saturated heterocycles. The van der Waals surface area contributed by atoms with E-state index in [0.29, 0.717) is 10.8 Å². The van der Waals surface area contributed by atoms with Crippen molar-refractivity contribution in [1.82, 2.24) is 20.3 Å². The van der Waals surface area contributed by atoms with Crippen LogP contribution in [0.25, 0.3) is 0 Å². The summed E-state index contributed by atoms with van der Waals surface area (Å²) in [6.45, 7) is 0.183. The van der Waals surface area contributed by atoms with Crippen molar-refractivity contribution in [3.63, 3.8) is 0 Å². The predicted octanol–water partition coefficient (Wildman–Crippen LogP) is 2.49. The summed E-state index contributed by atoms with van der Waals surface area (Å²) in [6, 6.07) is 7.10. The van der Waals surface area contributed by atoms with Crippen molar-refractivity contribution in [2.24, 2.45) is 0 Å². The fourth-order valence-electron chi connectivity index (χ4n) is 1.34. The van der Waals surface area contributed by atoms with E-state index in [9.17, 15) is 0 Å². The minimum atomic E-state index is 0.0502. The van der Waals surface area contributed by atoms with Gasteiger partial charge in [0, 0.05) is 10.7 Å². The Morgan fingerprint density at radius 3 is 2.79 bits per heavy atom. The predicted molar refractivity (Wildman–Crippen MR) is 72.0 cm³/mol. The zero-order valence-corrected chi connectivity index (χ0v) is 11.1. The molecule has 0 aliphatic carbocycles. The molecule has 0 unspecified atom stereocenters. The van der Waals surface area contributed by atoms with Crippen LogP contribution in [0.5, 0.6) is 0 Å². The zero-order valence-electron chi connectivity index (χ0n) is 9.56. The van der Waals surface area contributed by atoms with E-state index < -0.39 is 0 Å². The molecule has 0 bridgehead atoms. The summed E-state index contributed by atoms with van der Waals surface area (Å²) in [4.78, 5) is 12.0. The molecule has 2 N–H and O–H groups in total. The van der Waals surface area contributed by atoms with Crippen LogP contribution in [0.3, 0.4) is 0 Å². The lowest BCUT2D eigenvalue weighted by Gasteiger charge is -2.06. The number of hydrogen-bond acceptors (Lipinski definition) is 6. The first-order valence-corrected chi connectivity index (χ1v) is 5.98. The minimum Gasteiger partial charge on any atom is -0.324 e. The van der Waals surface area contributed by atoms with Crippen molar-refractivity contribution in [3.8, 4) is 6.19 Å². The molecule has 1 aromatic heterocycles. The largest absolute Gasteiger partial charge is 0.324 e. The maximum atomic E-state index is 8.44. The molecule has 96 valence electrons. The third kappa shape index (κ3) is 3.95. The van der Waals surface area contributed by atoms with Crippen LogP contribution in [0.4, 0.5) is 11.6 Å². The van der Waals surface area contributed by atoms with Gasteiger partial charge in [-0.25, -0.2) is 4.98 Å². The summed E-state index contributed by atoms with van der Waals surface area (Å²) >= 11 is 11.7. The standard InChI is InChI=1S/C11H8Cl2N6/c12-7-2-1-3-8(4-7)16-11-18-9(5-15-6-14)17-10(13)19-11/h1-4,15H,5H2,(H,16,17,18,19). The van der Waals surface area contributed by atoms with E-state index in [-0.39, 0.29) is 17.8 Å². The molecule has 2 rings (SSSR count). The number of benzene rings is 1. The van der Waals surface area contributed by atoms with Gasteiger partial charge in [0.15, 0.2) is 12.0 Å². The first-order chi connectivity index (χ1) is 9.17. The Hall–Kier alpha value is -2.10. The maximum Gasteiger partial charge on any atom is 0.231 e. The third-order valence-corrected chi connectivity index (χ3v) is 2.46. The number of aromatic nitrogens is 3. The second-order valence-corrected chi connectivity index (χ2v) is 4.22. The van der Waals surface area contributed by atoms with E-state index in [0.717, 1.165) is 5.69 Å². The van der Waals surface area contributed by atoms with Crippen LogP contribution in [0.1, 0.15) is 5.82 Å². The smallest absolute Gasteiger partial charge is 0.231 e. The van der Waals surface area contributed by atoms with Crippen LogP contribution in [0, 0.1) is 11.5 Å². The van der Waals surface area contributed by atoms with E-state index in [4.69, 9.17) is 28.5 Å². The van der Waals surface area contributed by atoms with Gasteiger partial charge in [-0.2, -0.15) is 15.2 Å². The third-order valence-electron chi connectivity index (χ3n) is 2.06. The lowest BCUT2D eigenvalue weighted by molar-refractivity contribution is 0.793. The number of halogens is 2. The van der Waals surface area contributed by atoms with Crippen LogP contribution in [-0.4, -0.2) is 15.0 Å². The Morgan fingerprint density at radius 2 is 2.05 bits per heavy atom. The van der Waals surface area contributed by atoms with Gasteiger partial charge >= 0.3 is 0 Å². The second kappa shape index (κ2) is 6.18. The molecule has 0 radical (unpaired) electrons. The molecule has 1 aromatic carbocycles. The highest BCUT2D eigenvalue weighted by Crippen LogP contribution is 2.18. The molecule has 6 nitrogen and oxygen atoms in total. The van der Waals surface area contributed by atoms with Gasteiger partial charge in [0.05, 0.1) is 6.54 Å². The minimum absolute atomic E-state index is 0.0502. The Bertz CT molecular complexity index is 625. The molecule has 0 atom stereocenters. The lowest BCUT2D eigenvalue weighted by Crippen LogP contribution is -2.11. The maximum absolute atomic E-state index is 8.44. The van der Waals surface area contributed by atoms with Crippen LogP contribution < -0.4 is 10.6 Å². The normalized spacial score (nSPS) is 9.74. The zero-order chi connectivity index (χ0) is 13.7. The molecular formula is C11H8Cl2N6. The number of rotatable bonds is 4. The highest BCUT2D eigenvalue weighted by atomic mass is 35.5. The van der Waals surface area contributed by atoms with Crippen molar-refractivity contribution in [1.29, 1.82) is 5.26 Å². The highest BCUT2D eigenvalue weighted by molar-refractivity contribution is 6.30. The summed E-state index contributed by atoms with van der Waals surface area (Å²) in [6.07, 6.45) is 1.78. The number of nitrogens with zero attached hydrogens (tertiary/aromatic N) is 4. The van der Waals surface area contributed by atoms with Gasteiger partial charge in [-0.3, -0.25) is 0 Å². The van der Waals surface area contributed by atoms with Crippen LogP contribution in [-0.2, 0) is 6.54 Å². The van der Waals surface area contributed by atoms with Gasteiger partial charge in [-0.15, -0.1) is 0 Å². The molecule has 0 saturated carbocycles. The van der Waals surface area contributed by atoms with E-state index in [1.54, 1.807) is 24.4 Å². The van der Waals surface area contributed by atoms with E-state index >= 15 is 0 Å². The van der Waals surface area contributed by atoms with E-state index in [1.807, 2.05) is 6.07 Å². The van der Waals surface area contributed by atoms with Gasteiger partial charge in [0.25, 0.3) is 0 Å². The summed E-state index contributed by atoms with van der Waals surface area (Å²) in [5.41, 5.74) is 0.731. The first kappa shape index (κ1) is 13.3. The molecule has 0 spiro atoms. The lowest BCUT2D eigenvalue weighted by atomic mass is 10.3. The number of hydrogen-bond donors (Lipinski definition) is 2. The fourth-order valence-corrected chi connectivity index (χ4v) is 1.71. The van der Waals surface area contributed by atoms with Crippen LogP contribution in [0.2, 0.25) is 10.3 Å². The molecule has 2 aromatic rings. The van der Waals surface area contributed by atoms with E-state index in [2.05, 4.69) is 25.6 Å². The van der Waals surface area contributed by atoms with Crippen molar-refractivity contribution in [3.05, 3.63) is 40.4 Å². The molecule has 0 fully saturated rings. The van der Waals surface area contributed by atoms with Gasteiger partial charge in [0.1, 0.15) is 0 Å². The summed E-state index contributed by atoms with van der Waals surface area (Å²) < 4.78 is 0. The van der Waals surface area contributed by atoms with Crippen molar-refractivity contribution in [2.75, 3.05) is 5.32 Å². The monoisotopic (exact) mass is 294 g/mol. The first-order valence-electron chi connectivity index (χ1n) is 5.22. The van der Waals surface area contributed by atoms with Crippen molar-refractivity contribution >= 4 is 34.8 Å². The van der Waals surface area contributed by atoms with Gasteiger partial charge in [-0.05, 0) is 29.8 Å². The molecule has 0 aliphatic heterocycles. The molecule has 19 heavy (non-hydrogen) atoms. The van der Waals surface area contributed by atoms with Gasteiger partial charge < -0.3 is 10.6 Å². The summed E-state index contributed by atoms with van der Waals surface area (Å²) in [5.74, 6) is 0.656. The average molecular weight is 295 g/mol. The molecule has 1 heterocycles. The van der Waals surface area contributed by atoms with Crippen LogP contribution >= 0.6 is 23.2 Å². The molecule has 8 heteroatoms. The SMILES string of the molecule is N#CNCc1nc(Cl)nc(Nc2cccc(Cl)c2)n1. The Labute approximate surface area is 119 Å². The fraction of sp³-hybridized carbons (Fsp3) is 0.0909. The average Bonchev–Trinajstić information content (AvgIpc) is 2.35. The molecule has 0 amide bonds. The van der Waals surface area contributed by atoms with Gasteiger partial charge in [0.2, 0.25) is 11.2 Å². The Kier molecular flexibility index (Phi) is 4.34. The van der Waals surface area contributed by atoms with Crippen molar-refractivity contribution in [2.45, 2.75) is 6.54 Å². The summed E-state index contributed by atoms with van der Waals surface area (Å²) in [5, 5.41) is 14.5. The van der Waals surface area contributed by atoms with E-state index in [1.165, 1.54) is 0 Å². The van der Waals surface area contributed by atoms with Gasteiger partial charge in [-0.1, -0.05) is 17.7 Å². The topological polar surface area (TPSA) is 86.5 Å². The highest BCUT2D eigenvalue weighted by Gasteiger charge is 2.05. The quantitative estimate of drug-likeness (QED) is 0.665. The number of anilines is 2. The summed E-state index contributed by atoms with van der Waals surface area (Å²) in [7, 11) is 0. The molecule has 0 aliphatic rings. The number of nitrogens with one attached hydrogen (secondary N) is 2. The Morgan fingerprint density at radius 1 is 1.21 bits per heavy atom. The van der Waals surface area contributed by atoms with Crippen LogP contribution in [0.15, 0.2) is 24.3 Å². The second-order valence-electron chi connectivity index (χ2n) is 3.44. The number of nitriles is 1. The van der Waals surface area contributed by atoms with Crippen molar-refractivity contribution < 1.29 is 0 Å². The Balaban J connectivity index is 2.20.